The summed E-state index contributed by atoms with van der Waals surface area (Å²) >= 11 is 14.9. The summed E-state index contributed by atoms with van der Waals surface area (Å²) in [4.78, 5) is 0. The van der Waals surface area contributed by atoms with Gasteiger partial charge in [0.1, 0.15) is 36.9 Å². The Bertz CT molecular complexity index is 850. The summed E-state index contributed by atoms with van der Waals surface area (Å²) in [5.74, 6) is 1.61. The van der Waals surface area contributed by atoms with Gasteiger partial charge in [0.05, 0.1) is 22.2 Å². The van der Waals surface area contributed by atoms with Gasteiger partial charge in [-0.2, -0.15) is 0 Å². The summed E-state index contributed by atoms with van der Waals surface area (Å²) in [5, 5.41) is 0. The van der Waals surface area contributed by atoms with Gasteiger partial charge in [-0.05, 0) is 87.0 Å². The molecule has 0 amide bonds. The molecule has 8 heteroatoms. The van der Waals surface area contributed by atoms with Crippen LogP contribution in [0.15, 0.2) is 42.2 Å². The molecule has 0 radical (unpaired) electrons. The minimum atomic E-state index is -0.279. The molecule has 0 spiro atoms. The first-order valence-electron chi connectivity index (χ1n) is 9.24. The van der Waals surface area contributed by atoms with Gasteiger partial charge in [0.15, 0.2) is 0 Å². The number of halogens is 4. The molecule has 2 heterocycles. The van der Waals surface area contributed by atoms with Crippen molar-refractivity contribution in [3.05, 3.63) is 53.3 Å². The Kier molecular flexibility index (Phi) is 6.69. The Morgan fingerprint density at radius 1 is 0.759 bits per heavy atom. The third-order valence-corrected chi connectivity index (χ3v) is 9.38. The first kappa shape index (κ1) is 22.1. The summed E-state index contributed by atoms with van der Waals surface area (Å²) in [6.07, 6.45) is 0.439. The quantitative estimate of drug-likeness (QED) is 0.300. The van der Waals surface area contributed by atoms with E-state index in [4.69, 9.17) is 18.9 Å². The van der Waals surface area contributed by atoms with Gasteiger partial charge >= 0.3 is 0 Å². The van der Waals surface area contributed by atoms with E-state index in [0.29, 0.717) is 13.2 Å². The number of epoxide rings is 2. The van der Waals surface area contributed by atoms with E-state index in [1.54, 1.807) is 0 Å². The largest absolute Gasteiger partial charge is 0.490 e. The summed E-state index contributed by atoms with van der Waals surface area (Å²) in [7, 11) is 0. The predicted octanol–water partition coefficient (Wildman–Crippen LogP) is 6.62. The van der Waals surface area contributed by atoms with Gasteiger partial charge in [0.2, 0.25) is 0 Å². The lowest BCUT2D eigenvalue weighted by atomic mass is 9.78. The van der Waals surface area contributed by atoms with E-state index in [1.165, 1.54) is 0 Å². The average molecular weight is 656 g/mol. The van der Waals surface area contributed by atoms with E-state index in [-0.39, 0.29) is 17.6 Å². The van der Waals surface area contributed by atoms with E-state index in [9.17, 15) is 0 Å². The molecule has 156 valence electrons. The number of hydrogen-bond acceptors (Lipinski definition) is 4. The number of hydrogen-bond donors (Lipinski definition) is 0. The van der Waals surface area contributed by atoms with Crippen LogP contribution in [0.25, 0.3) is 0 Å². The third-order valence-electron chi connectivity index (χ3n) is 5.09. The fraction of sp³-hybridized carbons (Fsp3) is 0.429. The topological polar surface area (TPSA) is 43.5 Å². The molecule has 2 atom stereocenters. The zero-order chi connectivity index (χ0) is 20.8. The van der Waals surface area contributed by atoms with E-state index >= 15 is 0 Å². The van der Waals surface area contributed by atoms with Gasteiger partial charge in [-0.1, -0.05) is 26.0 Å². The normalized spacial score (nSPS) is 20.5. The first-order chi connectivity index (χ1) is 13.8. The molecule has 29 heavy (non-hydrogen) atoms. The van der Waals surface area contributed by atoms with Gasteiger partial charge < -0.3 is 18.9 Å². The summed E-state index contributed by atoms with van der Waals surface area (Å²) < 4.78 is 26.0. The molecule has 2 saturated heterocycles. The van der Waals surface area contributed by atoms with Crippen molar-refractivity contribution < 1.29 is 18.9 Å². The molecule has 0 N–H and O–H groups in total. The summed E-state index contributed by atoms with van der Waals surface area (Å²) in [6, 6.07) is 8.22. The van der Waals surface area contributed by atoms with Crippen LogP contribution in [0, 0.1) is 0 Å². The third kappa shape index (κ3) is 4.88. The first-order valence-corrected chi connectivity index (χ1v) is 12.4. The average Bonchev–Trinajstić information content (AvgIpc) is 3.58. The number of ether oxygens (including phenoxy) is 4. The van der Waals surface area contributed by atoms with Crippen molar-refractivity contribution in [1.29, 1.82) is 0 Å². The molecule has 0 aliphatic carbocycles. The minimum Gasteiger partial charge on any atom is -0.490 e. The van der Waals surface area contributed by atoms with Crippen molar-refractivity contribution in [2.45, 2.75) is 31.5 Å². The van der Waals surface area contributed by atoms with Crippen molar-refractivity contribution in [1.82, 2.24) is 0 Å². The summed E-state index contributed by atoms with van der Waals surface area (Å²) in [6.45, 7) is 7.09. The lowest BCUT2D eigenvalue weighted by Gasteiger charge is -2.30. The van der Waals surface area contributed by atoms with E-state index in [1.807, 2.05) is 12.1 Å². The van der Waals surface area contributed by atoms with Crippen LogP contribution in [-0.4, -0.2) is 38.6 Å². The number of rotatable bonds is 8. The molecule has 4 nitrogen and oxygen atoms in total. The van der Waals surface area contributed by atoms with E-state index in [2.05, 4.69) is 89.7 Å². The van der Waals surface area contributed by atoms with Gasteiger partial charge in [-0.25, -0.2) is 0 Å². The van der Waals surface area contributed by atoms with Crippen LogP contribution in [-0.2, 0) is 14.9 Å². The van der Waals surface area contributed by atoms with Crippen LogP contribution >= 0.6 is 63.7 Å². The maximum Gasteiger partial charge on any atom is 0.134 e. The maximum absolute atomic E-state index is 5.88. The van der Waals surface area contributed by atoms with Crippen LogP contribution in [0.1, 0.15) is 25.0 Å². The minimum absolute atomic E-state index is 0.220. The highest BCUT2D eigenvalue weighted by Gasteiger charge is 2.31. The number of benzene rings is 2. The highest BCUT2D eigenvalue weighted by atomic mass is 79.9. The second kappa shape index (κ2) is 8.79. The van der Waals surface area contributed by atoms with E-state index in [0.717, 1.165) is 53.7 Å². The Balaban J connectivity index is 1.61. The smallest absolute Gasteiger partial charge is 0.134 e. The van der Waals surface area contributed by atoms with Gasteiger partial charge in [-0.15, -0.1) is 0 Å². The van der Waals surface area contributed by atoms with Crippen molar-refractivity contribution in [2.24, 2.45) is 0 Å². The highest BCUT2D eigenvalue weighted by molar-refractivity contribution is 9.13. The fourth-order valence-electron chi connectivity index (χ4n) is 3.09. The van der Waals surface area contributed by atoms with Gasteiger partial charge in [0, 0.05) is 14.4 Å². The monoisotopic (exact) mass is 652 g/mol. The molecule has 2 fully saturated rings. The molecule has 0 bridgehead atoms. The Morgan fingerprint density at radius 2 is 1.14 bits per heavy atom. The van der Waals surface area contributed by atoms with Crippen LogP contribution in [0.5, 0.6) is 11.5 Å². The lowest BCUT2D eigenvalue weighted by molar-refractivity contribution is 0.261. The second-order valence-electron chi connectivity index (χ2n) is 7.64. The SMILES string of the molecule is CC(C)(c1ccc(OCC2CO2)c(Br)c1Br)c1ccc(OCC2CO2)c(Br)c1Br. The molecule has 2 aliphatic rings. The van der Waals surface area contributed by atoms with Crippen LogP contribution in [0.3, 0.4) is 0 Å². The predicted molar refractivity (Wildman–Crippen MR) is 126 cm³/mol. The van der Waals surface area contributed by atoms with E-state index < -0.39 is 0 Å². The molecule has 4 rings (SSSR count). The molecule has 0 aromatic heterocycles. The maximum atomic E-state index is 5.88. The molecular weight excluding hydrogens is 636 g/mol. The molecule has 2 aromatic rings. The fourth-order valence-corrected chi connectivity index (χ4v) is 5.66. The molecule has 0 saturated carbocycles. The van der Waals surface area contributed by atoms with Gasteiger partial charge in [-0.3, -0.25) is 0 Å². The zero-order valence-corrected chi connectivity index (χ0v) is 22.3. The van der Waals surface area contributed by atoms with Crippen LogP contribution < -0.4 is 9.47 Å². The van der Waals surface area contributed by atoms with Crippen LogP contribution in [0.4, 0.5) is 0 Å². The molecule has 2 aliphatic heterocycles. The van der Waals surface area contributed by atoms with Crippen molar-refractivity contribution in [3.63, 3.8) is 0 Å². The Hall–Kier alpha value is -0.120. The standard InChI is InChI=1S/C21H20Br4O4/c1-21(2,13-3-5-15(19(24)17(13)22)28-9-11-7-26-11)14-4-6-16(20(25)18(14)23)29-10-12-8-27-12/h3-6,11-12H,7-10H2,1-2H3. The second-order valence-corrected chi connectivity index (χ2v) is 10.8. The zero-order valence-electron chi connectivity index (χ0n) is 15.9. The van der Waals surface area contributed by atoms with Gasteiger partial charge in [0.25, 0.3) is 0 Å². The molecular formula is C21H20Br4O4. The van der Waals surface area contributed by atoms with Crippen molar-refractivity contribution >= 4 is 63.7 Å². The molecule has 2 unspecified atom stereocenters. The van der Waals surface area contributed by atoms with Crippen LogP contribution in [0.2, 0.25) is 0 Å². The lowest BCUT2D eigenvalue weighted by Crippen LogP contribution is -2.21. The summed E-state index contributed by atoms with van der Waals surface area (Å²) in [5.41, 5.74) is 2.01. The van der Waals surface area contributed by atoms with Crippen molar-refractivity contribution in [2.75, 3.05) is 26.4 Å². The highest BCUT2D eigenvalue weighted by Crippen LogP contribution is 2.47. The Labute approximate surface area is 204 Å². The Morgan fingerprint density at radius 3 is 1.48 bits per heavy atom. The molecule has 2 aromatic carbocycles. The van der Waals surface area contributed by atoms with Crippen molar-refractivity contribution in [3.8, 4) is 11.5 Å².